The van der Waals surface area contributed by atoms with E-state index in [2.05, 4.69) is 16.0 Å². The minimum Gasteiger partial charge on any atom is -0.364 e. The molecule has 4 heterocycles. The summed E-state index contributed by atoms with van der Waals surface area (Å²) in [4.78, 5) is 22.8. The molecule has 1 atom stereocenters. The number of pyridine rings is 1. The average molecular weight is 308 g/mol. The summed E-state index contributed by atoms with van der Waals surface area (Å²) in [5, 5.41) is 0. The van der Waals surface area contributed by atoms with Crippen molar-refractivity contribution < 1.29 is 0 Å². The van der Waals surface area contributed by atoms with E-state index in [0.717, 1.165) is 29.9 Å². The molecule has 118 valence electrons. The fourth-order valence-electron chi connectivity index (χ4n) is 3.52. The first kappa shape index (κ1) is 14.2. The van der Waals surface area contributed by atoms with Gasteiger partial charge in [-0.3, -0.25) is 14.1 Å². The van der Waals surface area contributed by atoms with Gasteiger partial charge in [0.2, 0.25) is 0 Å². The standard InChI is InChI=1S/C18H20N4O/c1-13-5-3-10-22-17(23)11-14(20-18(13)22)12-21-9-4-7-16(21)15-6-2-8-19-15/h2-3,5-6,8,10-11,16,19H,4,7,9,12H2,1H3/t16-/m0/s1. The molecular formula is C18H20N4O. The lowest BCUT2D eigenvalue weighted by atomic mass is 10.1. The lowest BCUT2D eigenvalue weighted by molar-refractivity contribution is 0.242. The molecule has 23 heavy (non-hydrogen) atoms. The van der Waals surface area contributed by atoms with Crippen LogP contribution in [0.25, 0.3) is 5.65 Å². The Hall–Kier alpha value is -2.40. The van der Waals surface area contributed by atoms with Crippen molar-refractivity contribution in [3.63, 3.8) is 0 Å². The molecule has 1 fully saturated rings. The number of aromatic amines is 1. The maximum Gasteiger partial charge on any atom is 0.258 e. The minimum atomic E-state index is -0.00989. The summed E-state index contributed by atoms with van der Waals surface area (Å²) < 4.78 is 1.62. The van der Waals surface area contributed by atoms with E-state index in [0.29, 0.717) is 12.6 Å². The molecule has 5 heteroatoms. The molecule has 4 rings (SSSR count). The zero-order valence-electron chi connectivity index (χ0n) is 13.2. The van der Waals surface area contributed by atoms with Crippen LogP contribution in [-0.2, 0) is 6.54 Å². The third kappa shape index (κ3) is 2.57. The molecule has 1 aliphatic rings. The highest BCUT2D eigenvalue weighted by atomic mass is 16.1. The molecule has 0 aromatic carbocycles. The first-order valence-corrected chi connectivity index (χ1v) is 8.07. The summed E-state index contributed by atoms with van der Waals surface area (Å²) in [7, 11) is 0. The van der Waals surface area contributed by atoms with Gasteiger partial charge in [-0.15, -0.1) is 0 Å². The number of fused-ring (bicyclic) bond motifs is 1. The van der Waals surface area contributed by atoms with Crippen LogP contribution >= 0.6 is 0 Å². The molecule has 1 aliphatic heterocycles. The largest absolute Gasteiger partial charge is 0.364 e. The molecule has 0 unspecified atom stereocenters. The molecule has 0 saturated carbocycles. The van der Waals surface area contributed by atoms with Crippen LogP contribution in [0.15, 0.2) is 47.5 Å². The Morgan fingerprint density at radius 2 is 2.26 bits per heavy atom. The number of aromatic nitrogens is 3. The lowest BCUT2D eigenvalue weighted by Crippen LogP contribution is -2.25. The van der Waals surface area contributed by atoms with Crippen LogP contribution in [0.4, 0.5) is 0 Å². The van der Waals surface area contributed by atoms with Crippen molar-refractivity contribution in [2.24, 2.45) is 0 Å². The predicted octanol–water partition coefficient (Wildman–Crippen LogP) is 2.67. The van der Waals surface area contributed by atoms with E-state index in [4.69, 9.17) is 4.98 Å². The quantitative estimate of drug-likeness (QED) is 0.809. The SMILES string of the molecule is Cc1cccn2c(=O)cc(CN3CCC[C@H]3c3ccc[nH]3)nc12. The van der Waals surface area contributed by atoms with Crippen molar-refractivity contribution in [1.82, 2.24) is 19.3 Å². The van der Waals surface area contributed by atoms with Gasteiger partial charge in [0.1, 0.15) is 5.65 Å². The van der Waals surface area contributed by atoms with Crippen molar-refractivity contribution in [2.75, 3.05) is 6.54 Å². The number of hydrogen-bond acceptors (Lipinski definition) is 3. The topological polar surface area (TPSA) is 53.4 Å². The molecule has 0 spiro atoms. The number of hydrogen-bond donors (Lipinski definition) is 1. The average Bonchev–Trinajstić information content (AvgIpc) is 3.19. The normalized spacial score (nSPS) is 18.7. The fraction of sp³-hybridized carbons (Fsp3) is 0.333. The third-order valence-corrected chi connectivity index (χ3v) is 4.65. The molecule has 0 radical (unpaired) electrons. The van der Waals surface area contributed by atoms with Gasteiger partial charge < -0.3 is 4.98 Å². The second-order valence-corrected chi connectivity index (χ2v) is 6.22. The fourth-order valence-corrected chi connectivity index (χ4v) is 3.52. The van der Waals surface area contributed by atoms with Crippen LogP contribution in [0.1, 0.15) is 35.8 Å². The molecule has 1 N–H and O–H groups in total. The van der Waals surface area contributed by atoms with Crippen LogP contribution in [0.3, 0.4) is 0 Å². The van der Waals surface area contributed by atoms with E-state index in [1.165, 1.54) is 12.1 Å². The first-order chi connectivity index (χ1) is 11.2. The number of nitrogens with zero attached hydrogens (tertiary/aromatic N) is 3. The third-order valence-electron chi connectivity index (χ3n) is 4.65. The lowest BCUT2D eigenvalue weighted by Gasteiger charge is -2.23. The van der Waals surface area contributed by atoms with Crippen LogP contribution in [0, 0.1) is 6.92 Å². The number of aryl methyl sites for hydroxylation is 1. The molecule has 1 saturated heterocycles. The maximum atomic E-state index is 12.3. The molecule has 3 aromatic rings. The van der Waals surface area contributed by atoms with Gasteiger partial charge in [0.25, 0.3) is 5.56 Å². The number of likely N-dealkylation sites (tertiary alicyclic amines) is 1. The van der Waals surface area contributed by atoms with Gasteiger partial charge >= 0.3 is 0 Å². The van der Waals surface area contributed by atoms with Crippen molar-refractivity contribution in [3.05, 3.63) is 70.0 Å². The van der Waals surface area contributed by atoms with Crippen LogP contribution in [-0.4, -0.2) is 25.8 Å². The summed E-state index contributed by atoms with van der Waals surface area (Å²) in [6.07, 6.45) is 6.07. The molecule has 0 amide bonds. The second kappa shape index (κ2) is 5.66. The zero-order valence-corrected chi connectivity index (χ0v) is 13.2. The smallest absolute Gasteiger partial charge is 0.258 e. The Kier molecular flexibility index (Phi) is 3.50. The van der Waals surface area contributed by atoms with Gasteiger partial charge in [-0.25, -0.2) is 4.98 Å². The molecule has 3 aromatic heterocycles. The Bertz CT molecular complexity index is 882. The monoisotopic (exact) mass is 308 g/mol. The predicted molar refractivity (Wildman–Crippen MR) is 89.4 cm³/mol. The molecule has 0 aliphatic carbocycles. The summed E-state index contributed by atoms with van der Waals surface area (Å²) >= 11 is 0. The van der Waals surface area contributed by atoms with Crippen LogP contribution in [0.5, 0.6) is 0 Å². The number of H-pyrrole nitrogens is 1. The molecular weight excluding hydrogens is 288 g/mol. The van der Waals surface area contributed by atoms with E-state index in [1.807, 2.05) is 31.3 Å². The van der Waals surface area contributed by atoms with E-state index in [9.17, 15) is 4.79 Å². The Labute approximate surface area is 134 Å². The molecule has 0 bridgehead atoms. The summed E-state index contributed by atoms with van der Waals surface area (Å²) in [6, 6.07) is 10.1. The number of nitrogens with one attached hydrogen (secondary N) is 1. The van der Waals surface area contributed by atoms with Gasteiger partial charge in [0.05, 0.1) is 11.7 Å². The van der Waals surface area contributed by atoms with Crippen molar-refractivity contribution in [1.29, 1.82) is 0 Å². The van der Waals surface area contributed by atoms with E-state index < -0.39 is 0 Å². The zero-order chi connectivity index (χ0) is 15.8. The van der Waals surface area contributed by atoms with Gasteiger partial charge in [-0.05, 0) is 50.1 Å². The first-order valence-electron chi connectivity index (χ1n) is 8.07. The van der Waals surface area contributed by atoms with Gasteiger partial charge in [-0.2, -0.15) is 0 Å². The Balaban J connectivity index is 1.67. The number of rotatable bonds is 3. The second-order valence-electron chi connectivity index (χ2n) is 6.22. The highest BCUT2D eigenvalue weighted by molar-refractivity contribution is 5.46. The Morgan fingerprint density at radius 1 is 1.35 bits per heavy atom. The van der Waals surface area contributed by atoms with Crippen molar-refractivity contribution >= 4 is 5.65 Å². The highest BCUT2D eigenvalue weighted by Gasteiger charge is 2.27. The summed E-state index contributed by atoms with van der Waals surface area (Å²) in [6.45, 7) is 3.74. The van der Waals surface area contributed by atoms with Crippen LogP contribution in [0.2, 0.25) is 0 Å². The Morgan fingerprint density at radius 3 is 3.09 bits per heavy atom. The van der Waals surface area contributed by atoms with E-state index >= 15 is 0 Å². The van der Waals surface area contributed by atoms with Crippen LogP contribution < -0.4 is 5.56 Å². The summed E-state index contributed by atoms with van der Waals surface area (Å²) in [5.74, 6) is 0. The van der Waals surface area contributed by atoms with Gasteiger partial charge in [-0.1, -0.05) is 6.07 Å². The maximum absolute atomic E-state index is 12.3. The van der Waals surface area contributed by atoms with E-state index in [-0.39, 0.29) is 5.56 Å². The highest BCUT2D eigenvalue weighted by Crippen LogP contribution is 2.31. The van der Waals surface area contributed by atoms with Crippen molar-refractivity contribution in [2.45, 2.75) is 32.4 Å². The van der Waals surface area contributed by atoms with Crippen molar-refractivity contribution in [3.8, 4) is 0 Å². The molecule has 5 nitrogen and oxygen atoms in total. The van der Waals surface area contributed by atoms with Gasteiger partial charge in [0, 0.05) is 30.7 Å². The van der Waals surface area contributed by atoms with Gasteiger partial charge in [0.15, 0.2) is 0 Å². The minimum absolute atomic E-state index is 0.00989. The summed E-state index contributed by atoms with van der Waals surface area (Å²) in [5.41, 5.74) is 3.86. The van der Waals surface area contributed by atoms with E-state index in [1.54, 1.807) is 16.7 Å².